The summed E-state index contributed by atoms with van der Waals surface area (Å²) in [5.74, 6) is -1.05. The maximum absolute atomic E-state index is 6.52. The lowest BCUT2D eigenvalue weighted by atomic mass is 9.89. The van der Waals surface area contributed by atoms with Gasteiger partial charge in [0.15, 0.2) is 0 Å². The van der Waals surface area contributed by atoms with E-state index in [2.05, 4.69) is 79.7 Å². The van der Waals surface area contributed by atoms with Crippen LogP contribution in [0.15, 0.2) is 24.3 Å². The second-order valence-electron chi connectivity index (χ2n) is 10.1. The second kappa shape index (κ2) is 15.9. The fourth-order valence-electron chi connectivity index (χ4n) is 4.29. The van der Waals surface area contributed by atoms with E-state index in [1.165, 1.54) is 56.1 Å². The standard InChI is InChI=1S/C29H52O3/c1-9-11-13-14-15-16-18-28(27-21-19-26(20-22-27)17-12-10-2)29(30-23(3)4,31-24(5)6)32-25(7)8/h19-25,28H,9-18H2,1-8H3. The van der Waals surface area contributed by atoms with Gasteiger partial charge in [0.2, 0.25) is 0 Å². The largest absolute Gasteiger partial charge is 0.324 e. The number of rotatable bonds is 18. The van der Waals surface area contributed by atoms with Crippen molar-refractivity contribution >= 4 is 0 Å². The van der Waals surface area contributed by atoms with Gasteiger partial charge in [0.1, 0.15) is 0 Å². The number of ether oxygens (including phenoxy) is 3. The van der Waals surface area contributed by atoms with Crippen LogP contribution in [0.25, 0.3) is 0 Å². The molecule has 0 amide bonds. The van der Waals surface area contributed by atoms with Gasteiger partial charge in [-0.05, 0) is 71.9 Å². The van der Waals surface area contributed by atoms with Gasteiger partial charge in [0, 0.05) is 0 Å². The highest BCUT2D eigenvalue weighted by Gasteiger charge is 2.46. The van der Waals surface area contributed by atoms with Crippen LogP contribution in [0.5, 0.6) is 0 Å². The van der Waals surface area contributed by atoms with Crippen LogP contribution in [0.2, 0.25) is 0 Å². The van der Waals surface area contributed by atoms with Gasteiger partial charge in [-0.1, -0.05) is 83.1 Å². The summed E-state index contributed by atoms with van der Waals surface area (Å²) in [7, 11) is 0. The van der Waals surface area contributed by atoms with E-state index in [-0.39, 0.29) is 24.2 Å². The Hall–Kier alpha value is -0.900. The van der Waals surface area contributed by atoms with Gasteiger partial charge in [-0.2, -0.15) is 0 Å². The van der Waals surface area contributed by atoms with E-state index in [0.717, 1.165) is 19.3 Å². The Bertz CT molecular complexity index is 550. The van der Waals surface area contributed by atoms with Crippen LogP contribution in [0.3, 0.4) is 0 Å². The van der Waals surface area contributed by atoms with Gasteiger partial charge in [-0.15, -0.1) is 0 Å². The molecular weight excluding hydrogens is 396 g/mol. The van der Waals surface area contributed by atoms with Gasteiger partial charge < -0.3 is 14.2 Å². The summed E-state index contributed by atoms with van der Waals surface area (Å²) in [6.45, 7) is 16.9. The lowest BCUT2D eigenvalue weighted by Gasteiger charge is -2.43. The molecule has 186 valence electrons. The Kier molecular flexibility index (Phi) is 14.4. The van der Waals surface area contributed by atoms with Gasteiger partial charge in [-0.25, -0.2) is 0 Å². The first-order chi connectivity index (χ1) is 15.2. The molecular formula is C29H52O3. The summed E-state index contributed by atoms with van der Waals surface area (Å²) in [4.78, 5) is 0. The van der Waals surface area contributed by atoms with Crippen molar-refractivity contribution in [2.45, 2.75) is 150 Å². The summed E-state index contributed by atoms with van der Waals surface area (Å²) in [5, 5.41) is 0. The molecule has 1 rings (SSSR count). The molecule has 3 nitrogen and oxygen atoms in total. The molecule has 0 fully saturated rings. The first kappa shape index (κ1) is 29.1. The summed E-state index contributed by atoms with van der Waals surface area (Å²) >= 11 is 0. The quantitative estimate of drug-likeness (QED) is 0.166. The van der Waals surface area contributed by atoms with Crippen LogP contribution in [0.4, 0.5) is 0 Å². The predicted molar refractivity (Wildman–Crippen MR) is 137 cm³/mol. The van der Waals surface area contributed by atoms with Crippen molar-refractivity contribution < 1.29 is 14.2 Å². The molecule has 0 aliphatic rings. The SMILES string of the molecule is CCCCCCCCC(c1ccc(CCCC)cc1)C(OC(C)C)(OC(C)C)OC(C)C. The lowest BCUT2D eigenvalue weighted by Crippen LogP contribution is -2.49. The van der Waals surface area contributed by atoms with Gasteiger partial charge in [0.05, 0.1) is 24.2 Å². The van der Waals surface area contributed by atoms with Crippen molar-refractivity contribution in [2.24, 2.45) is 0 Å². The van der Waals surface area contributed by atoms with E-state index in [4.69, 9.17) is 14.2 Å². The van der Waals surface area contributed by atoms with Gasteiger partial charge >= 0.3 is 0 Å². The minimum Gasteiger partial charge on any atom is -0.324 e. The maximum Gasteiger partial charge on any atom is 0.290 e. The molecule has 1 atom stereocenters. The van der Waals surface area contributed by atoms with Gasteiger partial charge in [-0.3, -0.25) is 0 Å². The third-order valence-corrected chi connectivity index (χ3v) is 5.67. The second-order valence-corrected chi connectivity index (χ2v) is 10.1. The summed E-state index contributed by atoms with van der Waals surface area (Å²) in [6.07, 6.45) is 12.2. The number of aryl methyl sites for hydroxylation is 1. The van der Waals surface area contributed by atoms with Crippen molar-refractivity contribution in [3.8, 4) is 0 Å². The van der Waals surface area contributed by atoms with Crippen LogP contribution in [-0.2, 0) is 20.6 Å². The maximum atomic E-state index is 6.52. The van der Waals surface area contributed by atoms with Crippen molar-refractivity contribution in [3.05, 3.63) is 35.4 Å². The third-order valence-electron chi connectivity index (χ3n) is 5.67. The van der Waals surface area contributed by atoms with E-state index in [1.807, 2.05) is 0 Å². The number of benzene rings is 1. The van der Waals surface area contributed by atoms with Gasteiger partial charge in [0.25, 0.3) is 5.97 Å². The fraction of sp³-hybridized carbons (Fsp3) is 0.793. The zero-order valence-corrected chi connectivity index (χ0v) is 22.4. The minimum absolute atomic E-state index is 0.00313. The van der Waals surface area contributed by atoms with Crippen LogP contribution in [0.1, 0.15) is 130 Å². The molecule has 0 saturated carbocycles. The zero-order chi connectivity index (χ0) is 24.0. The molecule has 3 heteroatoms. The smallest absolute Gasteiger partial charge is 0.290 e. The molecule has 1 unspecified atom stereocenters. The third kappa shape index (κ3) is 10.8. The topological polar surface area (TPSA) is 27.7 Å². The molecule has 1 aromatic carbocycles. The van der Waals surface area contributed by atoms with Crippen LogP contribution in [0, 0.1) is 0 Å². The van der Waals surface area contributed by atoms with Crippen LogP contribution < -0.4 is 0 Å². The Morgan fingerprint density at radius 3 is 1.56 bits per heavy atom. The predicted octanol–water partition coefficient (Wildman–Crippen LogP) is 8.79. The highest BCUT2D eigenvalue weighted by Crippen LogP contribution is 2.41. The molecule has 0 N–H and O–H groups in total. The minimum atomic E-state index is -1.08. The molecule has 0 aliphatic heterocycles. The molecule has 0 saturated heterocycles. The highest BCUT2D eigenvalue weighted by atomic mass is 16.9. The summed E-state index contributed by atoms with van der Waals surface area (Å²) in [6, 6.07) is 9.12. The number of hydrogen-bond donors (Lipinski definition) is 0. The molecule has 0 heterocycles. The first-order valence-corrected chi connectivity index (χ1v) is 13.4. The molecule has 0 bridgehead atoms. The molecule has 32 heavy (non-hydrogen) atoms. The van der Waals surface area contributed by atoms with Crippen LogP contribution in [-0.4, -0.2) is 24.3 Å². The molecule has 0 spiro atoms. The lowest BCUT2D eigenvalue weighted by molar-refractivity contribution is -0.420. The van der Waals surface area contributed by atoms with E-state index >= 15 is 0 Å². The van der Waals surface area contributed by atoms with E-state index < -0.39 is 5.97 Å². The number of unbranched alkanes of at least 4 members (excludes halogenated alkanes) is 6. The zero-order valence-electron chi connectivity index (χ0n) is 22.4. The van der Waals surface area contributed by atoms with Crippen LogP contribution >= 0.6 is 0 Å². The molecule has 0 aliphatic carbocycles. The first-order valence-electron chi connectivity index (χ1n) is 13.4. The Labute approximate surface area is 199 Å². The monoisotopic (exact) mass is 448 g/mol. The van der Waals surface area contributed by atoms with Crippen molar-refractivity contribution in [3.63, 3.8) is 0 Å². The summed E-state index contributed by atoms with van der Waals surface area (Å²) in [5.41, 5.74) is 2.65. The van der Waals surface area contributed by atoms with E-state index in [1.54, 1.807) is 0 Å². The van der Waals surface area contributed by atoms with E-state index in [0.29, 0.717) is 0 Å². The van der Waals surface area contributed by atoms with E-state index in [9.17, 15) is 0 Å². The molecule has 0 aromatic heterocycles. The average Bonchev–Trinajstić information content (AvgIpc) is 2.70. The normalized spacial score (nSPS) is 13.5. The fourth-order valence-corrected chi connectivity index (χ4v) is 4.29. The van der Waals surface area contributed by atoms with Crippen molar-refractivity contribution in [1.82, 2.24) is 0 Å². The van der Waals surface area contributed by atoms with Crippen molar-refractivity contribution in [2.75, 3.05) is 0 Å². The number of hydrogen-bond acceptors (Lipinski definition) is 3. The molecule has 0 radical (unpaired) electrons. The Morgan fingerprint density at radius 1 is 0.625 bits per heavy atom. The van der Waals surface area contributed by atoms with Crippen molar-refractivity contribution in [1.29, 1.82) is 0 Å². The average molecular weight is 449 g/mol. The highest BCUT2D eigenvalue weighted by molar-refractivity contribution is 5.27. The molecule has 1 aromatic rings. The Balaban J connectivity index is 3.23. The summed E-state index contributed by atoms with van der Waals surface area (Å²) < 4.78 is 19.6. The Morgan fingerprint density at radius 2 is 1.09 bits per heavy atom.